The van der Waals surface area contributed by atoms with E-state index >= 15 is 0 Å². The van der Waals surface area contributed by atoms with Gasteiger partial charge in [0.2, 0.25) is 0 Å². The second kappa shape index (κ2) is 9.15. The molecule has 0 aliphatic heterocycles. The molecule has 5 aliphatic rings. The number of nitrogens with one attached hydrogen (secondary N) is 1. The largest absolute Gasteiger partial charge is 0.376 e. The molecule has 2 aromatic carbocycles. The molecule has 0 aromatic heterocycles. The van der Waals surface area contributed by atoms with Crippen LogP contribution >= 0.6 is 23.8 Å². The van der Waals surface area contributed by atoms with Gasteiger partial charge in [0.1, 0.15) is 0 Å². The van der Waals surface area contributed by atoms with E-state index in [2.05, 4.69) is 66.0 Å². The molecular weight excluding hydrogens is 468 g/mol. The van der Waals surface area contributed by atoms with E-state index in [9.17, 15) is 0 Å². The standard InChI is InChI=1S/C31H39ClN2S/c32-31(15-22-7-3-1-4-8-22)25-16-29(24-9-5-2-6-10-24)17-26(31)19-30(18-25,21-29)28(35)34-27-13-11-23(20-33)12-14-27/h1-10,23,25-27H,11-21,33H2,(H,34,35). The third-order valence-corrected chi connectivity index (χ3v) is 11.6. The molecule has 35 heavy (non-hydrogen) atoms. The zero-order valence-electron chi connectivity index (χ0n) is 20.7. The molecule has 0 amide bonds. The van der Waals surface area contributed by atoms with Gasteiger partial charge in [0.05, 0.1) is 9.86 Å². The van der Waals surface area contributed by atoms with E-state index in [-0.39, 0.29) is 15.7 Å². The molecule has 2 atom stereocenters. The van der Waals surface area contributed by atoms with E-state index in [0.29, 0.717) is 23.8 Å². The van der Waals surface area contributed by atoms with Crippen molar-refractivity contribution in [3.05, 3.63) is 71.8 Å². The summed E-state index contributed by atoms with van der Waals surface area (Å²) in [7, 11) is 0. The fourth-order valence-corrected chi connectivity index (χ4v) is 9.49. The molecule has 0 heterocycles. The van der Waals surface area contributed by atoms with Gasteiger partial charge in [-0.1, -0.05) is 72.9 Å². The Kier molecular flexibility index (Phi) is 6.26. The summed E-state index contributed by atoms with van der Waals surface area (Å²) < 4.78 is 0. The molecule has 2 aromatic rings. The molecule has 4 heteroatoms. The van der Waals surface area contributed by atoms with E-state index in [1.165, 1.54) is 56.1 Å². The maximum Gasteiger partial charge on any atom is 0.0818 e. The van der Waals surface area contributed by atoms with Crippen molar-refractivity contribution in [2.75, 3.05) is 6.54 Å². The van der Waals surface area contributed by atoms with Gasteiger partial charge in [0.25, 0.3) is 0 Å². The molecule has 0 saturated heterocycles. The summed E-state index contributed by atoms with van der Waals surface area (Å²) in [6.07, 6.45) is 11.6. The minimum absolute atomic E-state index is 0.0802. The van der Waals surface area contributed by atoms with Gasteiger partial charge >= 0.3 is 0 Å². The molecule has 186 valence electrons. The quantitative estimate of drug-likeness (QED) is 0.334. The highest BCUT2D eigenvalue weighted by atomic mass is 35.5. The van der Waals surface area contributed by atoms with Gasteiger partial charge in [-0.3, -0.25) is 0 Å². The number of hydrogen-bond acceptors (Lipinski definition) is 2. The number of halogens is 1. The van der Waals surface area contributed by atoms with Gasteiger partial charge < -0.3 is 11.1 Å². The van der Waals surface area contributed by atoms with Crippen molar-refractivity contribution in [1.82, 2.24) is 5.32 Å². The van der Waals surface area contributed by atoms with Gasteiger partial charge in [-0.25, -0.2) is 0 Å². The predicted molar refractivity (Wildman–Crippen MR) is 150 cm³/mol. The van der Waals surface area contributed by atoms with Crippen LogP contribution in [-0.2, 0) is 11.8 Å². The summed E-state index contributed by atoms with van der Waals surface area (Å²) in [5, 5.41) is 3.91. The lowest BCUT2D eigenvalue weighted by Crippen LogP contribution is -2.67. The summed E-state index contributed by atoms with van der Waals surface area (Å²) in [6.45, 7) is 0.823. The van der Waals surface area contributed by atoms with E-state index in [0.717, 1.165) is 30.8 Å². The number of hydrogen-bond donors (Lipinski definition) is 2. The fraction of sp³-hybridized carbons (Fsp3) is 0.581. The van der Waals surface area contributed by atoms with E-state index in [1.807, 2.05) is 0 Å². The summed E-state index contributed by atoms with van der Waals surface area (Å²) in [4.78, 5) is 0.972. The number of nitrogens with two attached hydrogens (primary N) is 1. The minimum Gasteiger partial charge on any atom is -0.376 e. The predicted octanol–water partition coefficient (Wildman–Crippen LogP) is 6.79. The lowest BCUT2D eigenvalue weighted by atomic mass is 9.39. The van der Waals surface area contributed by atoms with E-state index in [4.69, 9.17) is 29.6 Å². The van der Waals surface area contributed by atoms with Crippen molar-refractivity contribution in [3.8, 4) is 0 Å². The maximum absolute atomic E-state index is 7.73. The van der Waals surface area contributed by atoms with Crippen LogP contribution in [0.2, 0.25) is 0 Å². The lowest BCUT2D eigenvalue weighted by molar-refractivity contribution is -0.0676. The Balaban J connectivity index is 1.30. The van der Waals surface area contributed by atoms with Crippen LogP contribution in [0.1, 0.15) is 68.9 Å². The molecule has 5 saturated carbocycles. The Bertz CT molecular complexity index is 1030. The van der Waals surface area contributed by atoms with Crippen molar-refractivity contribution >= 4 is 28.8 Å². The number of thiocarbonyl (C=S) groups is 1. The topological polar surface area (TPSA) is 38.0 Å². The highest BCUT2D eigenvalue weighted by Gasteiger charge is 2.67. The van der Waals surface area contributed by atoms with Crippen LogP contribution < -0.4 is 11.1 Å². The molecule has 5 aliphatic carbocycles. The molecule has 3 N–H and O–H groups in total. The first-order chi connectivity index (χ1) is 16.9. The van der Waals surface area contributed by atoms with Crippen LogP contribution in [0, 0.1) is 23.2 Å². The zero-order valence-corrected chi connectivity index (χ0v) is 22.3. The van der Waals surface area contributed by atoms with Gasteiger partial charge in [0.15, 0.2) is 0 Å². The average Bonchev–Trinajstić information content (AvgIpc) is 2.88. The number of benzene rings is 2. The van der Waals surface area contributed by atoms with Crippen molar-refractivity contribution in [2.45, 2.75) is 80.5 Å². The molecule has 7 rings (SSSR count). The molecule has 4 bridgehead atoms. The SMILES string of the molecule is NCC1CCC(NC(=S)C23CC4CC(c5ccccc5)(CC(C2)C4(Cl)Cc2ccccc2)C3)CC1. The molecule has 2 nitrogen and oxygen atoms in total. The smallest absolute Gasteiger partial charge is 0.0818 e. The van der Waals surface area contributed by atoms with Gasteiger partial charge in [-0.05, 0) is 105 Å². The molecule has 0 spiro atoms. The first-order valence-corrected chi connectivity index (χ1v) is 14.5. The second-order valence-corrected chi connectivity index (χ2v) is 13.4. The Morgan fingerprint density at radius 3 is 2.09 bits per heavy atom. The van der Waals surface area contributed by atoms with Crippen molar-refractivity contribution in [1.29, 1.82) is 0 Å². The minimum atomic E-state index is -0.168. The molecule has 0 radical (unpaired) electrons. The third kappa shape index (κ3) is 4.16. The van der Waals surface area contributed by atoms with Crippen LogP contribution in [0.15, 0.2) is 60.7 Å². The summed E-state index contributed by atoms with van der Waals surface area (Å²) >= 11 is 14.0. The summed E-state index contributed by atoms with van der Waals surface area (Å²) in [5.41, 5.74) is 9.10. The van der Waals surface area contributed by atoms with Gasteiger partial charge in [-0.15, -0.1) is 11.6 Å². The van der Waals surface area contributed by atoms with Crippen molar-refractivity contribution < 1.29 is 0 Å². The van der Waals surface area contributed by atoms with Crippen LogP contribution in [0.3, 0.4) is 0 Å². The lowest BCUT2D eigenvalue weighted by Gasteiger charge is -2.68. The number of rotatable bonds is 6. The van der Waals surface area contributed by atoms with Crippen LogP contribution in [0.5, 0.6) is 0 Å². The van der Waals surface area contributed by atoms with E-state index < -0.39 is 0 Å². The summed E-state index contributed by atoms with van der Waals surface area (Å²) in [5.74, 6) is 1.66. The van der Waals surface area contributed by atoms with Gasteiger partial charge in [-0.2, -0.15) is 0 Å². The Morgan fingerprint density at radius 2 is 1.49 bits per heavy atom. The van der Waals surface area contributed by atoms with Gasteiger partial charge in [0, 0.05) is 11.5 Å². The normalized spacial score (nSPS) is 39.9. The first-order valence-electron chi connectivity index (χ1n) is 13.7. The zero-order chi connectivity index (χ0) is 24.1. The van der Waals surface area contributed by atoms with Crippen LogP contribution in [-0.4, -0.2) is 22.4 Å². The highest BCUT2D eigenvalue weighted by molar-refractivity contribution is 7.80. The van der Waals surface area contributed by atoms with Crippen LogP contribution in [0.25, 0.3) is 0 Å². The third-order valence-electron chi connectivity index (χ3n) is 10.3. The highest BCUT2D eigenvalue weighted by Crippen LogP contribution is 2.70. The summed E-state index contributed by atoms with van der Waals surface area (Å²) in [6, 6.07) is 22.7. The van der Waals surface area contributed by atoms with Crippen molar-refractivity contribution in [3.63, 3.8) is 0 Å². The Hall–Kier alpha value is -1.42. The molecule has 5 fully saturated rings. The van der Waals surface area contributed by atoms with E-state index in [1.54, 1.807) is 0 Å². The van der Waals surface area contributed by atoms with Crippen LogP contribution in [0.4, 0.5) is 0 Å². The van der Waals surface area contributed by atoms with Crippen molar-refractivity contribution in [2.24, 2.45) is 28.9 Å². The Labute approximate surface area is 221 Å². The fourth-order valence-electron chi connectivity index (χ4n) is 8.62. The Morgan fingerprint density at radius 1 is 0.886 bits per heavy atom. The maximum atomic E-state index is 7.73. The monoisotopic (exact) mass is 506 g/mol. The second-order valence-electron chi connectivity index (χ2n) is 12.3. The number of alkyl halides is 1. The molecular formula is C31H39ClN2S. The average molecular weight is 507 g/mol. The first kappa shape index (κ1) is 23.9. The molecule has 2 unspecified atom stereocenters.